The van der Waals surface area contributed by atoms with Gasteiger partial charge in [0, 0.05) is 13.6 Å². The molecule has 0 saturated carbocycles. The Balaban J connectivity index is 2.33. The zero-order valence-corrected chi connectivity index (χ0v) is 9.89. The molecule has 7 nitrogen and oxygen atoms in total. The number of aromatic amines is 2. The molecule has 17 heavy (non-hydrogen) atoms. The maximum Gasteiger partial charge on any atom is 0.323 e. The lowest BCUT2D eigenvalue weighted by molar-refractivity contribution is 0.573. The van der Waals surface area contributed by atoms with Gasteiger partial charge in [0.1, 0.15) is 0 Å². The van der Waals surface area contributed by atoms with Crippen LogP contribution < -0.4 is 15.1 Å². The predicted molar refractivity (Wildman–Crippen MR) is 63.7 cm³/mol. The van der Waals surface area contributed by atoms with E-state index in [0.717, 1.165) is 0 Å². The third-order valence-electron chi connectivity index (χ3n) is 2.36. The number of nitrogens with one attached hydrogen (secondary N) is 4. The lowest BCUT2D eigenvalue weighted by Gasteiger charge is -2.05. The van der Waals surface area contributed by atoms with Crippen LogP contribution in [0.2, 0.25) is 0 Å². The largest absolute Gasteiger partial charge is 0.323 e. The zero-order valence-electron chi connectivity index (χ0n) is 9.07. The van der Waals surface area contributed by atoms with E-state index in [1.807, 2.05) is 0 Å². The summed E-state index contributed by atoms with van der Waals surface area (Å²) in [6.07, 6.45) is 0. The van der Waals surface area contributed by atoms with E-state index in [1.165, 1.54) is 7.05 Å². The highest BCUT2D eigenvalue weighted by atomic mass is 32.2. The van der Waals surface area contributed by atoms with E-state index in [0.29, 0.717) is 16.6 Å². The van der Waals surface area contributed by atoms with Gasteiger partial charge in [-0.1, -0.05) is 12.1 Å². The maximum absolute atomic E-state index is 11.2. The number of aromatic nitrogens is 2. The van der Waals surface area contributed by atoms with Crippen molar-refractivity contribution < 1.29 is 8.42 Å². The molecule has 0 unspecified atom stereocenters. The van der Waals surface area contributed by atoms with Crippen LogP contribution in [0.1, 0.15) is 5.56 Å². The first-order valence-electron chi connectivity index (χ1n) is 4.90. The predicted octanol–water partition coefficient (Wildman–Crippen LogP) is -0.590. The minimum Gasteiger partial charge on any atom is -0.306 e. The highest BCUT2D eigenvalue weighted by molar-refractivity contribution is 7.87. The molecule has 0 bridgehead atoms. The quantitative estimate of drug-likeness (QED) is 0.587. The van der Waals surface area contributed by atoms with Gasteiger partial charge in [0.25, 0.3) is 10.2 Å². The monoisotopic (exact) mass is 256 g/mol. The van der Waals surface area contributed by atoms with Gasteiger partial charge in [0.15, 0.2) is 0 Å². The average molecular weight is 256 g/mol. The Morgan fingerprint density at radius 3 is 2.76 bits per heavy atom. The first-order valence-corrected chi connectivity index (χ1v) is 6.38. The van der Waals surface area contributed by atoms with E-state index in [1.54, 1.807) is 18.2 Å². The van der Waals surface area contributed by atoms with Crippen molar-refractivity contribution in [2.45, 2.75) is 6.54 Å². The van der Waals surface area contributed by atoms with E-state index in [4.69, 9.17) is 0 Å². The molecule has 0 aliphatic heterocycles. The topological polar surface area (TPSA) is 107 Å². The molecule has 0 amide bonds. The lowest BCUT2D eigenvalue weighted by atomic mass is 10.2. The van der Waals surface area contributed by atoms with Crippen LogP contribution >= 0.6 is 0 Å². The van der Waals surface area contributed by atoms with Crippen molar-refractivity contribution in [3.05, 3.63) is 34.2 Å². The minimum absolute atomic E-state index is 0.105. The Morgan fingerprint density at radius 2 is 2.06 bits per heavy atom. The summed E-state index contributed by atoms with van der Waals surface area (Å²) in [4.78, 5) is 16.4. The van der Waals surface area contributed by atoms with Crippen molar-refractivity contribution in [2.75, 3.05) is 7.05 Å². The molecule has 1 aromatic carbocycles. The molecule has 0 saturated heterocycles. The average Bonchev–Trinajstić information content (AvgIpc) is 2.67. The lowest BCUT2D eigenvalue weighted by Crippen LogP contribution is -2.33. The van der Waals surface area contributed by atoms with Crippen molar-refractivity contribution in [1.29, 1.82) is 0 Å². The fourth-order valence-corrected chi connectivity index (χ4v) is 2.00. The van der Waals surface area contributed by atoms with Crippen molar-refractivity contribution >= 4 is 21.2 Å². The van der Waals surface area contributed by atoms with E-state index < -0.39 is 10.2 Å². The number of H-pyrrole nitrogens is 2. The van der Waals surface area contributed by atoms with Crippen LogP contribution in [0.4, 0.5) is 0 Å². The number of hydrogen-bond acceptors (Lipinski definition) is 3. The molecule has 92 valence electrons. The zero-order chi connectivity index (χ0) is 12.5. The molecule has 1 heterocycles. The molecule has 0 aliphatic carbocycles. The van der Waals surface area contributed by atoms with Gasteiger partial charge in [-0.15, -0.1) is 0 Å². The molecule has 0 atom stereocenters. The van der Waals surface area contributed by atoms with Gasteiger partial charge < -0.3 is 9.97 Å². The Bertz CT molecular complexity index is 686. The van der Waals surface area contributed by atoms with Crippen molar-refractivity contribution in [2.24, 2.45) is 0 Å². The second-order valence-electron chi connectivity index (χ2n) is 3.45. The molecular formula is C9H12N4O3S. The highest BCUT2D eigenvalue weighted by Crippen LogP contribution is 2.12. The highest BCUT2D eigenvalue weighted by Gasteiger charge is 2.08. The second kappa shape index (κ2) is 4.32. The molecule has 0 aliphatic rings. The Kier molecular flexibility index (Phi) is 3.01. The second-order valence-corrected chi connectivity index (χ2v) is 5.15. The van der Waals surface area contributed by atoms with Gasteiger partial charge in [0.2, 0.25) is 0 Å². The molecule has 8 heteroatoms. The van der Waals surface area contributed by atoms with E-state index in [2.05, 4.69) is 19.4 Å². The molecule has 4 N–H and O–H groups in total. The number of fused-ring (bicyclic) bond motifs is 1. The molecule has 2 aromatic rings. The summed E-state index contributed by atoms with van der Waals surface area (Å²) in [5, 5.41) is 0. The third-order valence-corrected chi connectivity index (χ3v) is 3.42. The number of benzene rings is 1. The molecule has 2 rings (SSSR count). The van der Waals surface area contributed by atoms with Crippen LogP contribution in [0.15, 0.2) is 23.0 Å². The molecule has 0 fully saturated rings. The van der Waals surface area contributed by atoms with Crippen LogP contribution in [-0.4, -0.2) is 25.4 Å². The van der Waals surface area contributed by atoms with Crippen LogP contribution in [-0.2, 0) is 16.8 Å². The van der Waals surface area contributed by atoms with E-state index >= 15 is 0 Å². The summed E-state index contributed by atoms with van der Waals surface area (Å²) in [7, 11) is -2.16. The maximum atomic E-state index is 11.2. The Labute approximate surface area is 97.4 Å². The summed E-state index contributed by atoms with van der Waals surface area (Å²) in [5.74, 6) is 0. The SMILES string of the molecule is CNS(=O)(=O)NCc1cccc2[nH]c(=O)[nH]c12. The molecule has 0 radical (unpaired) electrons. The van der Waals surface area contributed by atoms with Crippen molar-refractivity contribution in [3.63, 3.8) is 0 Å². The molecular weight excluding hydrogens is 244 g/mol. The summed E-state index contributed by atoms with van der Waals surface area (Å²) in [5.41, 5.74) is 1.64. The van der Waals surface area contributed by atoms with Gasteiger partial charge in [-0.05, 0) is 11.6 Å². The Morgan fingerprint density at radius 1 is 1.29 bits per heavy atom. The van der Waals surface area contributed by atoms with Crippen molar-refractivity contribution in [1.82, 2.24) is 19.4 Å². The number of hydrogen-bond donors (Lipinski definition) is 4. The molecule has 1 aromatic heterocycles. The van der Waals surface area contributed by atoms with Gasteiger partial charge >= 0.3 is 5.69 Å². The standard InChI is InChI=1S/C9H12N4O3S/c1-10-17(15,16)11-5-6-3-2-4-7-8(6)13-9(14)12-7/h2-4,10-11H,5H2,1H3,(H2,12,13,14). The summed E-state index contributed by atoms with van der Waals surface area (Å²) < 4.78 is 26.9. The first kappa shape index (κ1) is 11.8. The van der Waals surface area contributed by atoms with E-state index in [-0.39, 0.29) is 12.2 Å². The normalized spacial score (nSPS) is 12.1. The first-order chi connectivity index (χ1) is 8.02. The fraction of sp³-hybridized carbons (Fsp3) is 0.222. The van der Waals surface area contributed by atoms with Gasteiger partial charge in [-0.2, -0.15) is 13.1 Å². The minimum atomic E-state index is -3.48. The van der Waals surface area contributed by atoms with Gasteiger partial charge in [-0.25, -0.2) is 9.52 Å². The van der Waals surface area contributed by atoms with Gasteiger partial charge in [0.05, 0.1) is 11.0 Å². The Hall–Kier alpha value is -1.64. The summed E-state index contributed by atoms with van der Waals surface area (Å²) in [6.45, 7) is 0.105. The number of rotatable bonds is 4. The van der Waals surface area contributed by atoms with Crippen LogP contribution in [0, 0.1) is 0 Å². The number of para-hydroxylation sites is 1. The number of imidazole rings is 1. The van der Waals surface area contributed by atoms with Crippen LogP contribution in [0.3, 0.4) is 0 Å². The fourth-order valence-electron chi connectivity index (χ4n) is 1.51. The van der Waals surface area contributed by atoms with Gasteiger partial charge in [-0.3, -0.25) is 0 Å². The van der Waals surface area contributed by atoms with Crippen LogP contribution in [0.5, 0.6) is 0 Å². The smallest absolute Gasteiger partial charge is 0.306 e. The van der Waals surface area contributed by atoms with E-state index in [9.17, 15) is 13.2 Å². The third kappa shape index (κ3) is 2.54. The summed E-state index contributed by atoms with van der Waals surface area (Å²) in [6, 6.07) is 5.22. The van der Waals surface area contributed by atoms with Crippen molar-refractivity contribution in [3.8, 4) is 0 Å². The van der Waals surface area contributed by atoms with Crippen LogP contribution in [0.25, 0.3) is 11.0 Å². The summed E-state index contributed by atoms with van der Waals surface area (Å²) >= 11 is 0. The molecule has 0 spiro atoms.